The highest BCUT2D eigenvalue weighted by atomic mass is 19.1. The molecule has 0 spiro atoms. The number of halogens is 1. The van der Waals surface area contributed by atoms with E-state index in [1.807, 2.05) is 0 Å². The van der Waals surface area contributed by atoms with Crippen molar-refractivity contribution in [1.29, 1.82) is 5.26 Å². The second-order valence-electron chi connectivity index (χ2n) is 3.87. The van der Waals surface area contributed by atoms with E-state index in [1.165, 1.54) is 12.1 Å². The molecule has 5 heteroatoms. The van der Waals surface area contributed by atoms with Crippen LogP contribution in [0.3, 0.4) is 0 Å². The molecule has 2 aromatic rings. The van der Waals surface area contributed by atoms with Crippen molar-refractivity contribution >= 4 is 17.3 Å². The first kappa shape index (κ1) is 12.6. The first-order chi connectivity index (χ1) is 9.10. The lowest BCUT2D eigenvalue weighted by Gasteiger charge is -2.07. The molecule has 0 saturated heterocycles. The number of nitrogens with zero attached hydrogens (tertiary/aromatic N) is 1. The highest BCUT2D eigenvalue weighted by Gasteiger charge is 2.04. The molecule has 3 N–H and O–H groups in total. The molecule has 0 aliphatic heterocycles. The molecule has 0 saturated carbocycles. The molecule has 19 heavy (non-hydrogen) atoms. The summed E-state index contributed by atoms with van der Waals surface area (Å²) in [6.45, 7) is 0. The van der Waals surface area contributed by atoms with Gasteiger partial charge in [-0.1, -0.05) is 0 Å². The van der Waals surface area contributed by atoms with Gasteiger partial charge in [0, 0.05) is 16.9 Å². The van der Waals surface area contributed by atoms with Gasteiger partial charge in [0.1, 0.15) is 11.9 Å². The Labute approximate surface area is 109 Å². The van der Waals surface area contributed by atoms with E-state index in [9.17, 15) is 9.18 Å². The van der Waals surface area contributed by atoms with E-state index in [0.29, 0.717) is 16.9 Å². The van der Waals surface area contributed by atoms with Crippen LogP contribution < -0.4 is 11.1 Å². The number of carbonyl (C=O) groups excluding carboxylic acids is 1. The van der Waals surface area contributed by atoms with Gasteiger partial charge in [-0.3, -0.25) is 4.79 Å². The highest BCUT2D eigenvalue weighted by molar-refractivity contribution is 5.93. The van der Waals surface area contributed by atoms with Gasteiger partial charge in [0.25, 0.3) is 0 Å². The largest absolute Gasteiger partial charge is 0.366 e. The number of carbonyl (C=O) groups is 1. The number of nitrogens with one attached hydrogen (secondary N) is 1. The Morgan fingerprint density at radius 3 is 2.32 bits per heavy atom. The second kappa shape index (κ2) is 5.19. The average molecular weight is 255 g/mol. The number of anilines is 2. The monoisotopic (exact) mass is 255 g/mol. The molecule has 2 rings (SSSR count). The summed E-state index contributed by atoms with van der Waals surface area (Å²) < 4.78 is 13.4. The third-order valence-electron chi connectivity index (χ3n) is 2.55. The molecule has 0 radical (unpaired) electrons. The Hall–Kier alpha value is -2.87. The summed E-state index contributed by atoms with van der Waals surface area (Å²) in [5.74, 6) is -1.09. The van der Waals surface area contributed by atoms with Crippen molar-refractivity contribution in [1.82, 2.24) is 0 Å². The molecule has 0 aliphatic rings. The van der Waals surface area contributed by atoms with Gasteiger partial charge in [0.15, 0.2) is 0 Å². The molecule has 0 unspecified atom stereocenters. The second-order valence-corrected chi connectivity index (χ2v) is 3.87. The van der Waals surface area contributed by atoms with E-state index in [0.717, 1.165) is 0 Å². The summed E-state index contributed by atoms with van der Waals surface area (Å²) in [6, 6.07) is 12.5. The van der Waals surface area contributed by atoms with Crippen LogP contribution in [-0.4, -0.2) is 5.91 Å². The van der Waals surface area contributed by atoms with Gasteiger partial charge >= 0.3 is 0 Å². The van der Waals surface area contributed by atoms with Crippen molar-refractivity contribution < 1.29 is 9.18 Å². The standard InChI is InChI=1S/C14H10FN3O/c15-13-7-12(6-3-10(13)8-16)18-11-4-1-9(2-5-11)14(17)19/h1-7,18H,(H2,17,19). The molecular formula is C14H10FN3O. The Kier molecular flexibility index (Phi) is 3.44. The van der Waals surface area contributed by atoms with Gasteiger partial charge in [0.05, 0.1) is 5.56 Å². The number of hydrogen-bond donors (Lipinski definition) is 2. The summed E-state index contributed by atoms with van der Waals surface area (Å²) in [4.78, 5) is 10.9. The third-order valence-corrected chi connectivity index (χ3v) is 2.55. The van der Waals surface area contributed by atoms with Gasteiger partial charge < -0.3 is 11.1 Å². The number of hydrogen-bond acceptors (Lipinski definition) is 3. The first-order valence-corrected chi connectivity index (χ1v) is 5.46. The van der Waals surface area contributed by atoms with Gasteiger partial charge in [-0.05, 0) is 42.5 Å². The first-order valence-electron chi connectivity index (χ1n) is 5.46. The molecule has 0 fully saturated rings. The number of rotatable bonds is 3. The molecule has 0 heterocycles. The molecule has 0 atom stereocenters. The quantitative estimate of drug-likeness (QED) is 0.884. The maximum Gasteiger partial charge on any atom is 0.248 e. The average Bonchev–Trinajstić information content (AvgIpc) is 2.39. The van der Waals surface area contributed by atoms with Crippen LogP contribution in [0.1, 0.15) is 15.9 Å². The fourth-order valence-corrected chi connectivity index (χ4v) is 1.57. The van der Waals surface area contributed by atoms with Crippen molar-refractivity contribution in [2.75, 3.05) is 5.32 Å². The molecule has 2 aromatic carbocycles. The Morgan fingerprint density at radius 1 is 1.16 bits per heavy atom. The van der Waals surface area contributed by atoms with Crippen LogP contribution >= 0.6 is 0 Å². The van der Waals surface area contributed by atoms with Crippen molar-refractivity contribution in [3.63, 3.8) is 0 Å². The summed E-state index contributed by atoms with van der Waals surface area (Å²) in [7, 11) is 0. The van der Waals surface area contributed by atoms with Crippen molar-refractivity contribution in [3.8, 4) is 6.07 Å². The summed E-state index contributed by atoms with van der Waals surface area (Å²) >= 11 is 0. The minimum absolute atomic E-state index is 0.00498. The number of primary amides is 1. The number of nitriles is 1. The third kappa shape index (κ3) is 2.87. The molecule has 94 valence electrons. The SMILES string of the molecule is N#Cc1ccc(Nc2ccc(C(N)=O)cc2)cc1F. The van der Waals surface area contributed by atoms with Crippen molar-refractivity contribution in [3.05, 3.63) is 59.4 Å². The fraction of sp³-hybridized carbons (Fsp3) is 0. The zero-order valence-corrected chi connectivity index (χ0v) is 9.85. The number of amides is 1. The number of nitrogens with two attached hydrogens (primary N) is 1. The van der Waals surface area contributed by atoms with Crippen molar-refractivity contribution in [2.45, 2.75) is 0 Å². The smallest absolute Gasteiger partial charge is 0.248 e. The lowest BCUT2D eigenvalue weighted by atomic mass is 10.1. The van der Waals surface area contributed by atoms with Gasteiger partial charge in [-0.15, -0.1) is 0 Å². The lowest BCUT2D eigenvalue weighted by Crippen LogP contribution is -2.10. The Balaban J connectivity index is 2.19. The predicted molar refractivity (Wildman–Crippen MR) is 69.4 cm³/mol. The van der Waals surface area contributed by atoms with Crippen LogP contribution in [0.4, 0.5) is 15.8 Å². The molecule has 1 amide bonds. The minimum atomic E-state index is -0.582. The Bertz CT molecular complexity index is 659. The summed E-state index contributed by atoms with van der Waals surface area (Å²) in [5, 5.41) is 11.6. The topological polar surface area (TPSA) is 78.9 Å². The van der Waals surface area contributed by atoms with Crippen molar-refractivity contribution in [2.24, 2.45) is 5.73 Å². The molecule has 0 aliphatic carbocycles. The molecule has 0 aromatic heterocycles. The summed E-state index contributed by atoms with van der Waals surface area (Å²) in [6.07, 6.45) is 0. The van der Waals surface area contributed by atoms with Crippen LogP contribution in [0.25, 0.3) is 0 Å². The lowest BCUT2D eigenvalue weighted by molar-refractivity contribution is 0.100. The van der Waals surface area contributed by atoms with Crippen LogP contribution in [0.5, 0.6) is 0 Å². The normalized spacial score (nSPS) is 9.68. The maximum atomic E-state index is 13.4. The van der Waals surface area contributed by atoms with E-state index in [1.54, 1.807) is 36.4 Å². The zero-order valence-electron chi connectivity index (χ0n) is 9.85. The van der Waals surface area contributed by atoms with E-state index in [-0.39, 0.29) is 5.56 Å². The predicted octanol–water partition coefficient (Wildman–Crippen LogP) is 2.54. The zero-order chi connectivity index (χ0) is 13.8. The fourth-order valence-electron chi connectivity index (χ4n) is 1.57. The van der Waals surface area contributed by atoms with E-state index >= 15 is 0 Å². The van der Waals surface area contributed by atoms with Crippen LogP contribution in [0, 0.1) is 17.1 Å². The van der Waals surface area contributed by atoms with E-state index in [2.05, 4.69) is 5.32 Å². The Morgan fingerprint density at radius 2 is 1.79 bits per heavy atom. The van der Waals surface area contributed by atoms with E-state index in [4.69, 9.17) is 11.0 Å². The molecule has 4 nitrogen and oxygen atoms in total. The maximum absolute atomic E-state index is 13.4. The highest BCUT2D eigenvalue weighted by Crippen LogP contribution is 2.19. The number of benzene rings is 2. The van der Waals surface area contributed by atoms with E-state index < -0.39 is 11.7 Å². The molecule has 0 bridgehead atoms. The van der Waals surface area contributed by atoms with Crippen LogP contribution in [0.15, 0.2) is 42.5 Å². The van der Waals surface area contributed by atoms with Gasteiger partial charge in [-0.25, -0.2) is 4.39 Å². The summed E-state index contributed by atoms with van der Waals surface area (Å²) in [5.41, 5.74) is 6.73. The van der Waals surface area contributed by atoms with Gasteiger partial charge in [-0.2, -0.15) is 5.26 Å². The minimum Gasteiger partial charge on any atom is -0.366 e. The van der Waals surface area contributed by atoms with Gasteiger partial charge in [0.2, 0.25) is 5.91 Å². The van der Waals surface area contributed by atoms with Crippen LogP contribution in [0.2, 0.25) is 0 Å². The molecular weight excluding hydrogens is 245 g/mol. The van der Waals surface area contributed by atoms with Crippen LogP contribution in [-0.2, 0) is 0 Å².